The van der Waals surface area contributed by atoms with Crippen LogP contribution in [0.5, 0.6) is 0 Å². The molecule has 1 aromatic carbocycles. The first-order valence-corrected chi connectivity index (χ1v) is 7.59. The zero-order valence-electron chi connectivity index (χ0n) is 12.0. The van der Waals surface area contributed by atoms with Gasteiger partial charge in [-0.1, -0.05) is 11.6 Å². The van der Waals surface area contributed by atoms with Gasteiger partial charge in [0.15, 0.2) is 0 Å². The van der Waals surface area contributed by atoms with E-state index in [0.717, 1.165) is 25.9 Å². The summed E-state index contributed by atoms with van der Waals surface area (Å²) in [7, 11) is 0. The van der Waals surface area contributed by atoms with Gasteiger partial charge in [-0.15, -0.1) is 0 Å². The van der Waals surface area contributed by atoms with E-state index < -0.39 is 0 Å². The number of carbonyl (C=O) groups is 2. The van der Waals surface area contributed by atoms with Gasteiger partial charge in [0.05, 0.1) is 11.3 Å². The predicted octanol–water partition coefficient (Wildman–Crippen LogP) is 2.03. The Hall–Kier alpha value is -1.59. The van der Waals surface area contributed by atoms with Crippen LogP contribution >= 0.6 is 11.6 Å². The lowest BCUT2D eigenvalue weighted by molar-refractivity contribution is -0.120. The highest BCUT2D eigenvalue weighted by atomic mass is 35.5. The fraction of sp³-hybridized carbons (Fsp3) is 0.467. The van der Waals surface area contributed by atoms with Gasteiger partial charge in [0, 0.05) is 17.5 Å². The van der Waals surface area contributed by atoms with E-state index >= 15 is 0 Å². The van der Waals surface area contributed by atoms with E-state index in [1.165, 1.54) is 0 Å². The molecule has 0 aromatic heterocycles. The second-order valence-corrected chi connectivity index (χ2v) is 5.50. The molecule has 0 radical (unpaired) electrons. The van der Waals surface area contributed by atoms with Crippen molar-refractivity contribution < 1.29 is 9.59 Å². The Kier molecular flexibility index (Phi) is 5.59. The molecule has 1 aromatic rings. The predicted molar refractivity (Wildman–Crippen MR) is 83.7 cm³/mol. The van der Waals surface area contributed by atoms with Crippen molar-refractivity contribution in [2.45, 2.75) is 19.8 Å². The lowest BCUT2D eigenvalue weighted by Gasteiger charge is -2.22. The summed E-state index contributed by atoms with van der Waals surface area (Å²) in [6.45, 7) is 4.06. The van der Waals surface area contributed by atoms with E-state index in [4.69, 9.17) is 11.6 Å². The summed E-state index contributed by atoms with van der Waals surface area (Å²) in [4.78, 5) is 24.3. The van der Waals surface area contributed by atoms with Gasteiger partial charge in [-0.3, -0.25) is 9.59 Å². The molecule has 114 valence electrons. The second kappa shape index (κ2) is 7.43. The summed E-state index contributed by atoms with van der Waals surface area (Å²) in [6, 6.07) is 4.92. The molecule has 0 spiro atoms. The first-order valence-electron chi connectivity index (χ1n) is 7.21. The summed E-state index contributed by atoms with van der Waals surface area (Å²) in [5, 5.41) is 9.28. The third kappa shape index (κ3) is 4.19. The van der Waals surface area contributed by atoms with Crippen LogP contribution in [0.15, 0.2) is 18.2 Å². The van der Waals surface area contributed by atoms with Crippen LogP contribution in [-0.4, -0.2) is 31.4 Å². The molecular formula is C15H20ClN3O2. The van der Waals surface area contributed by atoms with Crippen LogP contribution in [0.2, 0.25) is 5.02 Å². The Balaban J connectivity index is 2.14. The summed E-state index contributed by atoms with van der Waals surface area (Å²) in [6.07, 6.45) is 1.63. The van der Waals surface area contributed by atoms with Crippen molar-refractivity contribution in [3.8, 4) is 0 Å². The van der Waals surface area contributed by atoms with E-state index in [1.807, 2.05) is 6.92 Å². The summed E-state index contributed by atoms with van der Waals surface area (Å²) < 4.78 is 0. The molecule has 21 heavy (non-hydrogen) atoms. The number of rotatable bonds is 4. The second-order valence-electron chi connectivity index (χ2n) is 5.06. The van der Waals surface area contributed by atoms with Crippen molar-refractivity contribution >= 4 is 29.1 Å². The van der Waals surface area contributed by atoms with Gasteiger partial charge >= 0.3 is 0 Å². The molecule has 0 atom stereocenters. The van der Waals surface area contributed by atoms with Crippen LogP contribution in [-0.2, 0) is 4.79 Å². The molecule has 0 unspecified atom stereocenters. The Bertz CT molecular complexity index is 528. The fourth-order valence-electron chi connectivity index (χ4n) is 2.39. The zero-order chi connectivity index (χ0) is 15.2. The average molecular weight is 310 g/mol. The molecule has 0 aliphatic carbocycles. The first-order chi connectivity index (χ1) is 10.1. The molecule has 0 bridgehead atoms. The summed E-state index contributed by atoms with van der Waals surface area (Å²) in [5.41, 5.74) is 0.903. The Labute approximate surface area is 129 Å². The molecule has 6 heteroatoms. The van der Waals surface area contributed by atoms with Crippen molar-refractivity contribution in [3.63, 3.8) is 0 Å². The highest BCUT2D eigenvalue weighted by Crippen LogP contribution is 2.22. The largest absolute Gasteiger partial charge is 0.352 e. The van der Waals surface area contributed by atoms with E-state index in [2.05, 4.69) is 16.0 Å². The van der Waals surface area contributed by atoms with Crippen LogP contribution in [0.3, 0.4) is 0 Å². The number of benzene rings is 1. The molecule has 5 nitrogen and oxygen atoms in total. The smallest absolute Gasteiger partial charge is 0.253 e. The van der Waals surface area contributed by atoms with E-state index in [-0.39, 0.29) is 17.7 Å². The molecule has 1 heterocycles. The van der Waals surface area contributed by atoms with Crippen molar-refractivity contribution in [1.82, 2.24) is 10.6 Å². The minimum atomic E-state index is -0.236. The molecule has 2 rings (SSSR count). The van der Waals surface area contributed by atoms with Gasteiger partial charge in [-0.25, -0.2) is 0 Å². The number of nitrogens with one attached hydrogen (secondary N) is 3. The SMILES string of the molecule is CCNC(=O)c1cc(Cl)ccc1NC(=O)C1CCNCC1. The summed E-state index contributed by atoms with van der Waals surface area (Å²) in [5.74, 6) is -0.283. The molecule has 2 amide bonds. The van der Waals surface area contributed by atoms with Crippen molar-refractivity contribution in [2.75, 3.05) is 25.0 Å². The minimum absolute atomic E-state index is 0.0102. The van der Waals surface area contributed by atoms with Gasteiger partial charge in [0.2, 0.25) is 5.91 Å². The standard InChI is InChI=1S/C15H20ClN3O2/c1-2-18-15(21)12-9-11(16)3-4-13(12)19-14(20)10-5-7-17-8-6-10/h3-4,9-10,17H,2,5-8H2,1H3,(H,18,21)(H,19,20). The van der Waals surface area contributed by atoms with Gasteiger partial charge in [-0.2, -0.15) is 0 Å². The molecule has 3 N–H and O–H groups in total. The number of amides is 2. The lowest BCUT2D eigenvalue weighted by Crippen LogP contribution is -2.35. The maximum atomic E-state index is 12.3. The maximum Gasteiger partial charge on any atom is 0.253 e. The molecule has 1 aliphatic rings. The minimum Gasteiger partial charge on any atom is -0.352 e. The molecular weight excluding hydrogens is 290 g/mol. The molecule has 0 saturated carbocycles. The first kappa shape index (κ1) is 15.8. The number of hydrogen-bond acceptors (Lipinski definition) is 3. The Morgan fingerprint density at radius 1 is 1.33 bits per heavy atom. The maximum absolute atomic E-state index is 12.3. The third-order valence-corrected chi connectivity index (χ3v) is 3.77. The van der Waals surface area contributed by atoms with Crippen LogP contribution < -0.4 is 16.0 Å². The molecule has 1 saturated heterocycles. The Morgan fingerprint density at radius 2 is 2.05 bits per heavy atom. The van der Waals surface area contributed by atoms with E-state index in [0.29, 0.717) is 22.8 Å². The van der Waals surface area contributed by atoms with Gasteiger partial charge < -0.3 is 16.0 Å². The van der Waals surface area contributed by atoms with E-state index in [9.17, 15) is 9.59 Å². The number of carbonyl (C=O) groups excluding carboxylic acids is 2. The normalized spacial score (nSPS) is 15.5. The van der Waals surface area contributed by atoms with Crippen molar-refractivity contribution in [3.05, 3.63) is 28.8 Å². The van der Waals surface area contributed by atoms with Crippen molar-refractivity contribution in [1.29, 1.82) is 0 Å². The summed E-state index contributed by atoms with van der Waals surface area (Å²) >= 11 is 5.95. The third-order valence-electron chi connectivity index (χ3n) is 3.53. The highest BCUT2D eigenvalue weighted by Gasteiger charge is 2.22. The number of anilines is 1. The van der Waals surface area contributed by atoms with Crippen LogP contribution in [0.25, 0.3) is 0 Å². The number of piperidine rings is 1. The highest BCUT2D eigenvalue weighted by molar-refractivity contribution is 6.31. The van der Waals surface area contributed by atoms with Gasteiger partial charge in [-0.05, 0) is 51.1 Å². The monoisotopic (exact) mass is 309 g/mol. The fourth-order valence-corrected chi connectivity index (χ4v) is 2.56. The lowest BCUT2D eigenvalue weighted by atomic mass is 9.97. The van der Waals surface area contributed by atoms with Gasteiger partial charge in [0.1, 0.15) is 0 Å². The van der Waals surface area contributed by atoms with Crippen LogP contribution in [0, 0.1) is 5.92 Å². The number of halogens is 1. The molecule has 1 fully saturated rings. The topological polar surface area (TPSA) is 70.2 Å². The van der Waals surface area contributed by atoms with Crippen molar-refractivity contribution in [2.24, 2.45) is 5.92 Å². The number of hydrogen-bond donors (Lipinski definition) is 3. The quantitative estimate of drug-likeness (QED) is 0.797. The van der Waals surface area contributed by atoms with E-state index in [1.54, 1.807) is 18.2 Å². The van der Waals surface area contributed by atoms with Crippen LogP contribution in [0.4, 0.5) is 5.69 Å². The van der Waals surface area contributed by atoms with Crippen LogP contribution in [0.1, 0.15) is 30.1 Å². The zero-order valence-corrected chi connectivity index (χ0v) is 12.8. The Morgan fingerprint density at radius 3 is 2.71 bits per heavy atom. The molecule has 1 aliphatic heterocycles. The van der Waals surface area contributed by atoms with Gasteiger partial charge in [0.25, 0.3) is 5.91 Å². The average Bonchev–Trinajstić information content (AvgIpc) is 2.50.